The number of nitrogens with one attached hydrogen (secondary N) is 1. The van der Waals surface area contributed by atoms with E-state index in [1.165, 1.54) is 49.7 Å². The maximum Gasteiger partial charge on any atom is 0.318 e. The first-order chi connectivity index (χ1) is 13.7. The number of carbonyl (C=O) groups is 1. The minimum Gasteiger partial charge on any atom is -0.333 e. The number of nitrogens with zero attached hydrogens (tertiary/aromatic N) is 1. The van der Waals surface area contributed by atoms with Gasteiger partial charge in [-0.05, 0) is 67.4 Å². The lowest BCUT2D eigenvalue weighted by Crippen LogP contribution is -2.61. The summed E-state index contributed by atoms with van der Waals surface area (Å²) in [7, 11) is 0. The molecule has 4 aliphatic carbocycles. The summed E-state index contributed by atoms with van der Waals surface area (Å²) in [5.41, 5.74) is 2.41. The molecule has 0 spiro atoms. The van der Waals surface area contributed by atoms with Gasteiger partial charge in [0.2, 0.25) is 0 Å². The summed E-state index contributed by atoms with van der Waals surface area (Å²) in [4.78, 5) is 15.4. The Morgan fingerprint density at radius 2 is 1.21 bits per heavy atom. The molecular formula is C25H30N2O. The van der Waals surface area contributed by atoms with E-state index in [0.717, 1.165) is 17.8 Å². The van der Waals surface area contributed by atoms with E-state index in [2.05, 4.69) is 29.6 Å². The lowest BCUT2D eigenvalue weighted by molar-refractivity contribution is -0.0159. The second kappa shape index (κ2) is 7.27. The summed E-state index contributed by atoms with van der Waals surface area (Å²) in [5.74, 6) is 2.51. The van der Waals surface area contributed by atoms with Crippen molar-refractivity contribution in [2.45, 2.75) is 57.2 Å². The molecule has 0 heterocycles. The SMILES string of the molecule is O=C(NC12CC3CC(CC(C3)C1)C2)N(Cc1ccccc1)Cc1ccccc1. The van der Waals surface area contributed by atoms with E-state index in [-0.39, 0.29) is 11.6 Å². The second-order valence-electron chi connectivity index (χ2n) is 9.46. The molecule has 0 radical (unpaired) electrons. The molecule has 4 saturated carbocycles. The van der Waals surface area contributed by atoms with E-state index >= 15 is 0 Å². The quantitative estimate of drug-likeness (QED) is 0.750. The van der Waals surface area contributed by atoms with Crippen molar-refractivity contribution < 1.29 is 4.79 Å². The van der Waals surface area contributed by atoms with Crippen LogP contribution in [0.1, 0.15) is 49.7 Å². The van der Waals surface area contributed by atoms with E-state index in [1.807, 2.05) is 41.3 Å². The van der Waals surface area contributed by atoms with E-state index < -0.39 is 0 Å². The van der Waals surface area contributed by atoms with E-state index in [4.69, 9.17) is 0 Å². The van der Waals surface area contributed by atoms with Gasteiger partial charge in [0, 0.05) is 18.6 Å². The standard InChI is InChI=1S/C25H30N2O/c28-24(26-25-14-21-11-22(15-25)13-23(12-21)16-25)27(17-19-7-3-1-4-8-19)18-20-9-5-2-6-10-20/h1-10,21-23H,11-18H2,(H,26,28). The fourth-order valence-electron chi connectivity index (χ4n) is 6.38. The minimum atomic E-state index is 0.0530. The largest absolute Gasteiger partial charge is 0.333 e. The Morgan fingerprint density at radius 3 is 1.64 bits per heavy atom. The summed E-state index contributed by atoms with van der Waals surface area (Å²) in [5, 5.41) is 3.55. The molecule has 146 valence electrons. The number of benzene rings is 2. The van der Waals surface area contributed by atoms with Crippen LogP contribution in [0.4, 0.5) is 4.79 Å². The molecule has 3 nitrogen and oxygen atoms in total. The zero-order valence-corrected chi connectivity index (χ0v) is 16.5. The first-order valence-electron chi connectivity index (χ1n) is 10.8. The third-order valence-electron chi connectivity index (χ3n) is 7.13. The zero-order valence-electron chi connectivity index (χ0n) is 16.5. The molecule has 2 amide bonds. The van der Waals surface area contributed by atoms with Crippen molar-refractivity contribution in [3.05, 3.63) is 71.8 Å². The summed E-state index contributed by atoms with van der Waals surface area (Å²) < 4.78 is 0. The first kappa shape index (κ1) is 17.8. The van der Waals surface area contributed by atoms with Crippen LogP contribution in [0.5, 0.6) is 0 Å². The Morgan fingerprint density at radius 1 is 0.786 bits per heavy atom. The van der Waals surface area contributed by atoms with Crippen molar-refractivity contribution in [2.24, 2.45) is 17.8 Å². The highest BCUT2D eigenvalue weighted by atomic mass is 16.2. The minimum absolute atomic E-state index is 0.0530. The van der Waals surface area contributed by atoms with Gasteiger partial charge in [-0.15, -0.1) is 0 Å². The maximum atomic E-state index is 13.5. The fourth-order valence-corrected chi connectivity index (χ4v) is 6.38. The van der Waals surface area contributed by atoms with Crippen LogP contribution in [0.15, 0.2) is 60.7 Å². The second-order valence-corrected chi connectivity index (χ2v) is 9.46. The fraction of sp³-hybridized carbons (Fsp3) is 0.480. The molecule has 2 aromatic rings. The molecule has 0 unspecified atom stereocenters. The van der Waals surface area contributed by atoms with Gasteiger partial charge in [0.1, 0.15) is 0 Å². The molecule has 0 saturated heterocycles. The Balaban J connectivity index is 1.35. The molecule has 4 aliphatic rings. The van der Waals surface area contributed by atoms with Gasteiger partial charge in [-0.3, -0.25) is 0 Å². The monoisotopic (exact) mass is 374 g/mol. The summed E-state index contributed by atoms with van der Waals surface area (Å²) >= 11 is 0. The molecule has 6 rings (SSSR count). The van der Waals surface area contributed by atoms with Crippen molar-refractivity contribution in [1.82, 2.24) is 10.2 Å². The number of carbonyl (C=O) groups excluding carboxylic acids is 1. The van der Waals surface area contributed by atoms with Gasteiger partial charge in [-0.1, -0.05) is 60.7 Å². The predicted octanol–water partition coefficient (Wildman–Crippen LogP) is 5.37. The lowest BCUT2D eigenvalue weighted by Gasteiger charge is -2.57. The summed E-state index contributed by atoms with van der Waals surface area (Å²) in [6.45, 7) is 1.29. The zero-order chi connectivity index (χ0) is 19.0. The molecule has 0 aliphatic heterocycles. The lowest BCUT2D eigenvalue weighted by atomic mass is 9.53. The van der Waals surface area contributed by atoms with Crippen molar-refractivity contribution in [2.75, 3.05) is 0 Å². The highest BCUT2D eigenvalue weighted by Crippen LogP contribution is 2.55. The van der Waals surface area contributed by atoms with Gasteiger partial charge in [0.05, 0.1) is 0 Å². The molecule has 1 N–H and O–H groups in total. The number of hydrogen-bond donors (Lipinski definition) is 1. The Hall–Kier alpha value is -2.29. The molecule has 0 atom stereocenters. The number of hydrogen-bond acceptors (Lipinski definition) is 1. The van der Waals surface area contributed by atoms with Crippen molar-refractivity contribution in [3.8, 4) is 0 Å². The van der Waals surface area contributed by atoms with E-state index in [9.17, 15) is 4.79 Å². The van der Waals surface area contributed by atoms with Crippen molar-refractivity contribution >= 4 is 6.03 Å². The highest BCUT2D eigenvalue weighted by Gasteiger charge is 2.51. The van der Waals surface area contributed by atoms with Crippen LogP contribution in [0.3, 0.4) is 0 Å². The number of rotatable bonds is 5. The predicted molar refractivity (Wildman–Crippen MR) is 112 cm³/mol. The first-order valence-corrected chi connectivity index (χ1v) is 10.8. The molecule has 28 heavy (non-hydrogen) atoms. The molecule has 4 fully saturated rings. The third kappa shape index (κ3) is 3.67. The molecule has 4 bridgehead atoms. The summed E-state index contributed by atoms with van der Waals surface area (Å²) in [6.07, 6.45) is 7.76. The number of amides is 2. The van der Waals surface area contributed by atoms with Crippen LogP contribution < -0.4 is 5.32 Å². The number of urea groups is 1. The average molecular weight is 375 g/mol. The van der Waals surface area contributed by atoms with Crippen molar-refractivity contribution in [3.63, 3.8) is 0 Å². The van der Waals surface area contributed by atoms with Gasteiger partial charge >= 0.3 is 6.03 Å². The average Bonchev–Trinajstić information content (AvgIpc) is 2.68. The van der Waals surface area contributed by atoms with Gasteiger partial charge < -0.3 is 10.2 Å². The van der Waals surface area contributed by atoms with Crippen LogP contribution in [0.2, 0.25) is 0 Å². The Bertz CT molecular complexity index is 740. The van der Waals surface area contributed by atoms with Gasteiger partial charge in [0.25, 0.3) is 0 Å². The van der Waals surface area contributed by atoms with E-state index in [0.29, 0.717) is 13.1 Å². The van der Waals surface area contributed by atoms with E-state index in [1.54, 1.807) is 0 Å². The van der Waals surface area contributed by atoms with Crippen LogP contribution in [-0.2, 0) is 13.1 Å². The van der Waals surface area contributed by atoms with Crippen LogP contribution in [-0.4, -0.2) is 16.5 Å². The smallest absolute Gasteiger partial charge is 0.318 e. The van der Waals surface area contributed by atoms with Crippen LogP contribution in [0.25, 0.3) is 0 Å². The molecule has 0 aromatic heterocycles. The van der Waals surface area contributed by atoms with Crippen LogP contribution >= 0.6 is 0 Å². The molecule has 3 heteroatoms. The Kier molecular flexibility index (Phi) is 4.62. The molecule has 2 aromatic carbocycles. The van der Waals surface area contributed by atoms with Gasteiger partial charge in [-0.25, -0.2) is 4.79 Å². The highest BCUT2D eigenvalue weighted by molar-refractivity contribution is 5.75. The maximum absolute atomic E-state index is 13.5. The van der Waals surface area contributed by atoms with Crippen molar-refractivity contribution in [1.29, 1.82) is 0 Å². The molecular weight excluding hydrogens is 344 g/mol. The van der Waals surface area contributed by atoms with Gasteiger partial charge in [-0.2, -0.15) is 0 Å². The third-order valence-corrected chi connectivity index (χ3v) is 7.13. The normalized spacial score (nSPS) is 30.2. The Labute approximate surface area is 168 Å². The van der Waals surface area contributed by atoms with Gasteiger partial charge in [0.15, 0.2) is 0 Å². The topological polar surface area (TPSA) is 32.3 Å². The summed E-state index contributed by atoms with van der Waals surface area (Å²) in [6, 6.07) is 20.8. The van der Waals surface area contributed by atoms with Crippen LogP contribution in [0, 0.1) is 17.8 Å².